The Morgan fingerprint density at radius 3 is 2.35 bits per heavy atom. The zero-order chi connectivity index (χ0) is 14.5. The van der Waals surface area contributed by atoms with Crippen LogP contribution in [0.1, 0.15) is 22.3 Å². The van der Waals surface area contributed by atoms with Crippen LogP contribution in [0.25, 0.3) is 0 Å². The molecule has 2 rings (SSSR count). The number of nitrogens with one attached hydrogen (secondary N) is 1. The Balaban J connectivity index is 2.23. The van der Waals surface area contributed by atoms with E-state index in [0.717, 1.165) is 22.3 Å². The van der Waals surface area contributed by atoms with Crippen molar-refractivity contribution in [2.24, 2.45) is 0 Å². The van der Waals surface area contributed by atoms with Gasteiger partial charge in [0.05, 0.1) is 4.47 Å². The van der Waals surface area contributed by atoms with Gasteiger partial charge in [-0.1, -0.05) is 30.3 Å². The van der Waals surface area contributed by atoms with E-state index in [1.807, 2.05) is 19.2 Å². The second kappa shape index (κ2) is 6.91. The third kappa shape index (κ3) is 3.41. The van der Waals surface area contributed by atoms with Crippen molar-refractivity contribution in [2.75, 3.05) is 7.05 Å². The molecule has 0 aliphatic carbocycles. The van der Waals surface area contributed by atoms with Crippen molar-refractivity contribution < 1.29 is 4.74 Å². The molecule has 2 nitrogen and oxygen atoms in total. The van der Waals surface area contributed by atoms with E-state index >= 15 is 0 Å². The normalized spacial score (nSPS) is 10.6. The van der Waals surface area contributed by atoms with Crippen LogP contribution in [-0.2, 0) is 13.2 Å². The third-order valence-corrected chi connectivity index (χ3v) is 4.05. The Hall–Kier alpha value is -1.32. The molecule has 0 aliphatic heterocycles. The van der Waals surface area contributed by atoms with Crippen molar-refractivity contribution in [3.8, 4) is 5.75 Å². The summed E-state index contributed by atoms with van der Waals surface area (Å²) >= 11 is 3.57. The first kappa shape index (κ1) is 15.1. The van der Waals surface area contributed by atoms with Crippen LogP contribution >= 0.6 is 15.9 Å². The number of para-hydroxylation sites is 1. The Morgan fingerprint density at radius 2 is 1.70 bits per heavy atom. The summed E-state index contributed by atoms with van der Waals surface area (Å²) in [6.45, 7) is 5.64. The number of benzene rings is 2. The van der Waals surface area contributed by atoms with Crippen molar-refractivity contribution in [1.29, 1.82) is 0 Å². The average Bonchev–Trinajstić information content (AvgIpc) is 2.41. The fourth-order valence-electron chi connectivity index (χ4n) is 2.27. The summed E-state index contributed by atoms with van der Waals surface area (Å²) in [7, 11) is 1.94. The van der Waals surface area contributed by atoms with Gasteiger partial charge >= 0.3 is 0 Å². The molecule has 0 heterocycles. The summed E-state index contributed by atoms with van der Waals surface area (Å²) < 4.78 is 7.08. The zero-order valence-electron chi connectivity index (χ0n) is 12.2. The number of halogens is 1. The summed E-state index contributed by atoms with van der Waals surface area (Å²) in [5.74, 6) is 0.921. The van der Waals surface area contributed by atoms with Crippen LogP contribution in [0.3, 0.4) is 0 Å². The van der Waals surface area contributed by atoms with Crippen molar-refractivity contribution in [3.63, 3.8) is 0 Å². The van der Waals surface area contributed by atoms with Crippen molar-refractivity contribution in [2.45, 2.75) is 27.0 Å². The van der Waals surface area contributed by atoms with E-state index in [9.17, 15) is 0 Å². The highest BCUT2D eigenvalue weighted by Gasteiger charge is 2.09. The molecule has 1 N–H and O–H groups in total. The van der Waals surface area contributed by atoms with E-state index in [2.05, 4.69) is 59.4 Å². The van der Waals surface area contributed by atoms with Crippen molar-refractivity contribution >= 4 is 15.9 Å². The molecule has 20 heavy (non-hydrogen) atoms. The molecular formula is C17H20BrNO. The van der Waals surface area contributed by atoms with E-state index in [4.69, 9.17) is 4.74 Å². The summed E-state index contributed by atoms with van der Waals surface area (Å²) in [6, 6.07) is 12.5. The Kier molecular flexibility index (Phi) is 5.21. The van der Waals surface area contributed by atoms with Crippen molar-refractivity contribution in [1.82, 2.24) is 5.32 Å². The smallest absolute Gasteiger partial charge is 0.138 e. The molecule has 0 saturated carbocycles. The molecule has 0 amide bonds. The molecule has 0 aromatic heterocycles. The summed E-state index contributed by atoms with van der Waals surface area (Å²) in [5, 5.41) is 3.17. The zero-order valence-corrected chi connectivity index (χ0v) is 13.8. The van der Waals surface area contributed by atoms with E-state index < -0.39 is 0 Å². The Bertz CT molecular complexity index is 575. The Morgan fingerprint density at radius 1 is 1.05 bits per heavy atom. The largest absolute Gasteiger partial charge is 0.487 e. The lowest BCUT2D eigenvalue weighted by Crippen LogP contribution is -2.08. The van der Waals surface area contributed by atoms with Gasteiger partial charge in [-0.05, 0) is 59.6 Å². The minimum absolute atomic E-state index is 0.595. The molecular weight excluding hydrogens is 314 g/mol. The number of rotatable bonds is 5. The first-order valence-electron chi connectivity index (χ1n) is 6.73. The molecule has 0 bridgehead atoms. The number of ether oxygens (including phenoxy) is 1. The highest BCUT2D eigenvalue weighted by molar-refractivity contribution is 9.10. The van der Waals surface area contributed by atoms with Gasteiger partial charge in [0, 0.05) is 12.1 Å². The van der Waals surface area contributed by atoms with E-state index in [-0.39, 0.29) is 0 Å². The van der Waals surface area contributed by atoms with Crippen LogP contribution < -0.4 is 10.1 Å². The van der Waals surface area contributed by atoms with Crippen LogP contribution in [0, 0.1) is 13.8 Å². The second-order valence-electron chi connectivity index (χ2n) is 4.92. The lowest BCUT2D eigenvalue weighted by molar-refractivity contribution is 0.299. The van der Waals surface area contributed by atoms with E-state index in [0.29, 0.717) is 6.61 Å². The monoisotopic (exact) mass is 333 g/mol. The van der Waals surface area contributed by atoms with Crippen LogP contribution in [0.4, 0.5) is 0 Å². The summed E-state index contributed by atoms with van der Waals surface area (Å²) in [6.07, 6.45) is 0. The SMILES string of the molecule is CNCc1cccc(Br)c1OCc1c(C)cccc1C. The minimum atomic E-state index is 0.595. The predicted octanol–water partition coefficient (Wildman–Crippen LogP) is 4.36. The van der Waals surface area contributed by atoms with Crippen LogP contribution in [0.15, 0.2) is 40.9 Å². The van der Waals surface area contributed by atoms with Crippen molar-refractivity contribution in [3.05, 3.63) is 63.1 Å². The number of hydrogen-bond donors (Lipinski definition) is 1. The highest BCUT2D eigenvalue weighted by Crippen LogP contribution is 2.30. The van der Waals surface area contributed by atoms with Crippen LogP contribution in [-0.4, -0.2) is 7.05 Å². The van der Waals surface area contributed by atoms with Gasteiger partial charge in [0.2, 0.25) is 0 Å². The lowest BCUT2D eigenvalue weighted by Gasteiger charge is -2.15. The molecule has 2 aromatic carbocycles. The maximum absolute atomic E-state index is 6.08. The minimum Gasteiger partial charge on any atom is -0.487 e. The maximum Gasteiger partial charge on any atom is 0.138 e. The third-order valence-electron chi connectivity index (χ3n) is 3.42. The molecule has 0 aliphatic rings. The molecule has 0 spiro atoms. The fraction of sp³-hybridized carbons (Fsp3) is 0.294. The number of aryl methyl sites for hydroxylation is 2. The molecule has 106 valence electrons. The molecule has 0 unspecified atom stereocenters. The molecule has 3 heteroatoms. The van der Waals surface area contributed by atoms with Crippen LogP contribution in [0.2, 0.25) is 0 Å². The van der Waals surface area contributed by atoms with Gasteiger partial charge in [-0.2, -0.15) is 0 Å². The Labute approximate surface area is 129 Å². The maximum atomic E-state index is 6.08. The molecule has 0 saturated heterocycles. The van der Waals surface area contributed by atoms with Gasteiger partial charge in [-0.3, -0.25) is 0 Å². The van der Waals surface area contributed by atoms with E-state index in [1.165, 1.54) is 16.7 Å². The fourth-order valence-corrected chi connectivity index (χ4v) is 2.79. The molecule has 2 aromatic rings. The number of hydrogen-bond acceptors (Lipinski definition) is 2. The second-order valence-corrected chi connectivity index (χ2v) is 5.77. The first-order chi connectivity index (χ1) is 9.63. The lowest BCUT2D eigenvalue weighted by atomic mass is 10.0. The van der Waals surface area contributed by atoms with Gasteiger partial charge in [-0.15, -0.1) is 0 Å². The summed E-state index contributed by atoms with van der Waals surface area (Å²) in [4.78, 5) is 0. The quantitative estimate of drug-likeness (QED) is 0.877. The van der Waals surface area contributed by atoms with E-state index in [1.54, 1.807) is 0 Å². The average molecular weight is 334 g/mol. The summed E-state index contributed by atoms with van der Waals surface area (Å²) in [5.41, 5.74) is 4.96. The van der Waals surface area contributed by atoms with Gasteiger partial charge in [0.25, 0.3) is 0 Å². The first-order valence-corrected chi connectivity index (χ1v) is 7.52. The molecule has 0 radical (unpaired) electrons. The highest BCUT2D eigenvalue weighted by atomic mass is 79.9. The molecule has 0 atom stereocenters. The standard InChI is InChI=1S/C17H20BrNO/c1-12-6-4-7-13(2)15(12)11-20-17-14(10-19-3)8-5-9-16(17)18/h4-9,19H,10-11H2,1-3H3. The van der Waals surface area contributed by atoms with Gasteiger partial charge in [0.15, 0.2) is 0 Å². The van der Waals surface area contributed by atoms with Gasteiger partial charge in [0.1, 0.15) is 12.4 Å². The molecule has 0 fully saturated rings. The van der Waals surface area contributed by atoms with Gasteiger partial charge < -0.3 is 10.1 Å². The predicted molar refractivity (Wildman–Crippen MR) is 87.2 cm³/mol. The topological polar surface area (TPSA) is 21.3 Å². The van der Waals surface area contributed by atoms with Crippen LogP contribution in [0.5, 0.6) is 5.75 Å². The van der Waals surface area contributed by atoms with Gasteiger partial charge in [-0.25, -0.2) is 0 Å².